The Bertz CT molecular complexity index is 364. The number of hydrogen-bond donors (Lipinski definition) is 2. The molecule has 1 aromatic carbocycles. The molecule has 2 N–H and O–H groups in total. The van der Waals surface area contributed by atoms with Gasteiger partial charge in [-0.05, 0) is 25.3 Å². The zero-order valence-corrected chi connectivity index (χ0v) is 12.3. The van der Waals surface area contributed by atoms with Crippen molar-refractivity contribution in [3.8, 4) is 0 Å². The van der Waals surface area contributed by atoms with E-state index in [-0.39, 0.29) is 6.61 Å². The van der Waals surface area contributed by atoms with Crippen molar-refractivity contribution in [2.24, 2.45) is 0 Å². The topological polar surface area (TPSA) is 43.7 Å². The van der Waals surface area contributed by atoms with E-state index in [2.05, 4.69) is 18.7 Å². The normalized spacial score (nSPS) is 12.7. The molecule has 0 saturated heterocycles. The Morgan fingerprint density at radius 1 is 1.05 bits per heavy atom. The van der Waals surface area contributed by atoms with E-state index in [1.54, 1.807) is 0 Å². The maximum absolute atomic E-state index is 10.2. The quantitative estimate of drug-likeness (QED) is 0.759. The fourth-order valence-corrected chi connectivity index (χ4v) is 2.59. The van der Waals surface area contributed by atoms with E-state index in [1.807, 2.05) is 31.2 Å². The lowest BCUT2D eigenvalue weighted by Gasteiger charge is -2.34. The molecule has 1 rings (SSSR count). The van der Waals surface area contributed by atoms with Crippen molar-refractivity contribution >= 4 is 5.69 Å². The van der Waals surface area contributed by atoms with E-state index in [4.69, 9.17) is 0 Å². The summed E-state index contributed by atoms with van der Waals surface area (Å²) >= 11 is 0. The molecular formula is C16H27NO2. The number of benzene rings is 1. The van der Waals surface area contributed by atoms with E-state index in [0.717, 1.165) is 24.1 Å². The van der Waals surface area contributed by atoms with E-state index in [0.29, 0.717) is 19.0 Å². The van der Waals surface area contributed by atoms with Gasteiger partial charge in [0, 0.05) is 23.8 Å². The molecule has 3 heteroatoms. The van der Waals surface area contributed by atoms with Gasteiger partial charge in [-0.3, -0.25) is 0 Å². The van der Waals surface area contributed by atoms with Crippen molar-refractivity contribution in [3.63, 3.8) is 0 Å². The lowest BCUT2D eigenvalue weighted by atomic mass is 10.0. The van der Waals surface area contributed by atoms with Gasteiger partial charge < -0.3 is 15.1 Å². The highest BCUT2D eigenvalue weighted by Gasteiger charge is 2.20. The standard InChI is InChI=1S/C16H27NO2/c1-4-13(5-2)17(11-12-18)15-10-8-7-9-14(15)16(19)6-3/h7-10,13,16,18-19H,4-6,11-12H2,1-3H3/t16-/m0/s1. The van der Waals surface area contributed by atoms with Gasteiger partial charge in [0.05, 0.1) is 12.7 Å². The van der Waals surface area contributed by atoms with Gasteiger partial charge in [-0.25, -0.2) is 0 Å². The van der Waals surface area contributed by atoms with Gasteiger partial charge in [-0.1, -0.05) is 39.0 Å². The van der Waals surface area contributed by atoms with E-state index in [9.17, 15) is 10.2 Å². The Hall–Kier alpha value is -1.06. The first kappa shape index (κ1) is 16.0. The molecule has 0 amide bonds. The molecule has 0 aromatic heterocycles. The van der Waals surface area contributed by atoms with Gasteiger partial charge in [0.2, 0.25) is 0 Å². The lowest BCUT2D eigenvalue weighted by Crippen LogP contribution is -2.37. The Morgan fingerprint density at radius 3 is 2.21 bits per heavy atom. The third-order valence-corrected chi connectivity index (χ3v) is 3.72. The molecule has 1 atom stereocenters. The van der Waals surface area contributed by atoms with E-state index < -0.39 is 6.10 Å². The molecule has 0 aliphatic carbocycles. The van der Waals surface area contributed by atoms with Gasteiger partial charge >= 0.3 is 0 Å². The summed E-state index contributed by atoms with van der Waals surface area (Å²) < 4.78 is 0. The molecular weight excluding hydrogens is 238 g/mol. The number of aliphatic hydroxyl groups is 2. The summed E-state index contributed by atoms with van der Waals surface area (Å²) in [5.74, 6) is 0. The molecule has 0 radical (unpaired) electrons. The molecule has 0 unspecified atom stereocenters. The predicted molar refractivity (Wildman–Crippen MR) is 80.5 cm³/mol. The van der Waals surface area contributed by atoms with Crippen LogP contribution in [0.3, 0.4) is 0 Å². The van der Waals surface area contributed by atoms with Crippen LogP contribution in [-0.4, -0.2) is 29.4 Å². The molecule has 0 spiro atoms. The number of anilines is 1. The van der Waals surface area contributed by atoms with Gasteiger partial charge in [-0.2, -0.15) is 0 Å². The molecule has 0 saturated carbocycles. The first-order chi connectivity index (χ1) is 9.19. The van der Waals surface area contributed by atoms with E-state index >= 15 is 0 Å². The van der Waals surface area contributed by atoms with Gasteiger partial charge in [0.1, 0.15) is 0 Å². The number of hydrogen-bond acceptors (Lipinski definition) is 3. The second-order valence-electron chi connectivity index (χ2n) is 4.87. The highest BCUT2D eigenvalue weighted by Crippen LogP contribution is 2.30. The fourth-order valence-electron chi connectivity index (χ4n) is 2.59. The van der Waals surface area contributed by atoms with Crippen LogP contribution in [0.1, 0.15) is 51.7 Å². The lowest BCUT2D eigenvalue weighted by molar-refractivity contribution is 0.173. The molecule has 1 aromatic rings. The smallest absolute Gasteiger partial charge is 0.0807 e. The van der Waals surface area contributed by atoms with Gasteiger partial charge in [0.25, 0.3) is 0 Å². The zero-order chi connectivity index (χ0) is 14.3. The minimum atomic E-state index is -0.438. The maximum Gasteiger partial charge on any atom is 0.0807 e. The minimum Gasteiger partial charge on any atom is -0.395 e. The van der Waals surface area contributed by atoms with Crippen molar-refractivity contribution in [2.75, 3.05) is 18.1 Å². The fraction of sp³-hybridized carbons (Fsp3) is 0.625. The number of rotatable bonds is 8. The summed E-state index contributed by atoms with van der Waals surface area (Å²) in [6.45, 7) is 7.05. The summed E-state index contributed by atoms with van der Waals surface area (Å²) in [6, 6.07) is 8.38. The van der Waals surface area contributed by atoms with Gasteiger partial charge in [0.15, 0.2) is 0 Å². The third kappa shape index (κ3) is 3.95. The molecule has 0 bridgehead atoms. The van der Waals surface area contributed by atoms with Crippen molar-refractivity contribution in [1.29, 1.82) is 0 Å². The Labute approximate surface area is 116 Å². The average Bonchev–Trinajstić information content (AvgIpc) is 2.46. The number of aliphatic hydroxyl groups excluding tert-OH is 2. The van der Waals surface area contributed by atoms with Gasteiger partial charge in [-0.15, -0.1) is 0 Å². The van der Waals surface area contributed by atoms with Crippen LogP contribution in [0.25, 0.3) is 0 Å². The molecule has 0 aliphatic heterocycles. The van der Waals surface area contributed by atoms with Crippen LogP contribution in [0.4, 0.5) is 5.69 Å². The zero-order valence-electron chi connectivity index (χ0n) is 12.3. The van der Waals surface area contributed by atoms with Crippen molar-refractivity contribution < 1.29 is 10.2 Å². The second-order valence-corrected chi connectivity index (χ2v) is 4.87. The third-order valence-electron chi connectivity index (χ3n) is 3.72. The summed E-state index contributed by atoms with van der Waals surface area (Å²) in [5.41, 5.74) is 2.02. The minimum absolute atomic E-state index is 0.132. The SMILES string of the molecule is CCC(CC)N(CCO)c1ccccc1[C@@H](O)CC. The summed E-state index contributed by atoms with van der Waals surface area (Å²) in [6.07, 6.45) is 2.33. The molecule has 3 nitrogen and oxygen atoms in total. The van der Waals surface area contributed by atoms with Crippen LogP contribution < -0.4 is 4.90 Å². The molecule has 108 valence electrons. The summed E-state index contributed by atoms with van der Waals surface area (Å²) in [4.78, 5) is 2.23. The first-order valence-electron chi connectivity index (χ1n) is 7.33. The van der Waals surface area contributed by atoms with Crippen LogP contribution in [0.2, 0.25) is 0 Å². The molecule has 19 heavy (non-hydrogen) atoms. The number of nitrogens with zero attached hydrogens (tertiary/aromatic N) is 1. The van der Waals surface area contributed by atoms with Crippen LogP contribution in [0.15, 0.2) is 24.3 Å². The van der Waals surface area contributed by atoms with Crippen molar-refractivity contribution in [2.45, 2.75) is 52.2 Å². The molecule has 0 aliphatic rings. The van der Waals surface area contributed by atoms with Crippen LogP contribution in [-0.2, 0) is 0 Å². The summed E-state index contributed by atoms with van der Waals surface area (Å²) in [7, 11) is 0. The molecule has 0 fully saturated rings. The maximum atomic E-state index is 10.2. The van der Waals surface area contributed by atoms with E-state index in [1.165, 1.54) is 0 Å². The largest absolute Gasteiger partial charge is 0.395 e. The monoisotopic (exact) mass is 265 g/mol. The number of para-hydroxylation sites is 1. The highest BCUT2D eigenvalue weighted by atomic mass is 16.3. The Morgan fingerprint density at radius 2 is 1.68 bits per heavy atom. The average molecular weight is 265 g/mol. The predicted octanol–water partition coefficient (Wildman–Crippen LogP) is 3.12. The second kappa shape index (κ2) is 8.18. The summed E-state index contributed by atoms with van der Waals surface area (Å²) in [5, 5.41) is 19.5. The van der Waals surface area contributed by atoms with Crippen molar-refractivity contribution in [3.05, 3.63) is 29.8 Å². The molecule has 0 heterocycles. The highest BCUT2D eigenvalue weighted by molar-refractivity contribution is 5.55. The van der Waals surface area contributed by atoms with Crippen LogP contribution in [0, 0.1) is 0 Å². The Kier molecular flexibility index (Phi) is 6.89. The van der Waals surface area contributed by atoms with Crippen LogP contribution in [0.5, 0.6) is 0 Å². The first-order valence-corrected chi connectivity index (χ1v) is 7.33. The van der Waals surface area contributed by atoms with Crippen molar-refractivity contribution in [1.82, 2.24) is 0 Å². The van der Waals surface area contributed by atoms with Crippen LogP contribution >= 0.6 is 0 Å². The Balaban J connectivity index is 3.14.